The van der Waals surface area contributed by atoms with Crippen molar-refractivity contribution in [3.8, 4) is 0 Å². The van der Waals surface area contributed by atoms with Crippen LogP contribution in [0.4, 0.5) is 0 Å². The molecule has 2 aromatic carbocycles. The van der Waals surface area contributed by atoms with Crippen molar-refractivity contribution in [2.24, 2.45) is 0 Å². The monoisotopic (exact) mass is 423 g/mol. The number of unbranched alkanes of at least 4 members (excludes halogenated alkanes) is 1. The number of fused-ring (bicyclic) bond motifs is 1. The smallest absolute Gasteiger partial charge is 0.253 e. The predicted octanol–water partition coefficient (Wildman–Crippen LogP) is 4.76. The van der Waals surface area contributed by atoms with Crippen molar-refractivity contribution in [3.05, 3.63) is 64.7 Å². The summed E-state index contributed by atoms with van der Waals surface area (Å²) in [4.78, 5) is 32.7. The molecule has 0 atom stereocenters. The highest BCUT2D eigenvalue weighted by Crippen LogP contribution is 2.23. The van der Waals surface area contributed by atoms with E-state index in [1.54, 1.807) is 30.3 Å². The van der Waals surface area contributed by atoms with E-state index < -0.39 is 0 Å². The van der Waals surface area contributed by atoms with Gasteiger partial charge >= 0.3 is 0 Å². The summed E-state index contributed by atoms with van der Waals surface area (Å²) in [5.74, 6) is 0.161. The van der Waals surface area contributed by atoms with Crippen LogP contribution in [0.15, 0.2) is 48.5 Å². The van der Waals surface area contributed by atoms with E-state index in [9.17, 15) is 9.59 Å². The van der Waals surface area contributed by atoms with Gasteiger partial charge in [-0.2, -0.15) is 0 Å². The maximum absolute atomic E-state index is 12.6. The van der Waals surface area contributed by atoms with Crippen LogP contribution in [-0.4, -0.2) is 47.2 Å². The van der Waals surface area contributed by atoms with Crippen LogP contribution in [0.2, 0.25) is 0 Å². The fourth-order valence-electron chi connectivity index (χ4n) is 3.35. The lowest BCUT2D eigenvalue weighted by atomic mass is 10.1. The highest BCUT2D eigenvalue weighted by Gasteiger charge is 2.13. The molecule has 0 saturated carbocycles. The van der Waals surface area contributed by atoms with E-state index in [0.717, 1.165) is 35.4 Å². The van der Waals surface area contributed by atoms with Crippen molar-refractivity contribution in [2.45, 2.75) is 39.2 Å². The largest absolute Gasteiger partial charge is 0.345 e. The lowest BCUT2D eigenvalue weighted by Crippen LogP contribution is -2.30. The Hall–Kier alpha value is -2.73. The fraction of sp³-hybridized carbons (Fsp3) is 0.375. The van der Waals surface area contributed by atoms with E-state index in [4.69, 9.17) is 0 Å². The Kier molecular flexibility index (Phi) is 7.57. The van der Waals surface area contributed by atoms with Gasteiger partial charge in [0.15, 0.2) is 0 Å². The van der Waals surface area contributed by atoms with Gasteiger partial charge in [0.2, 0.25) is 5.91 Å². The number of aromatic nitrogens is 1. The molecule has 3 aromatic rings. The van der Waals surface area contributed by atoms with Crippen LogP contribution in [0.25, 0.3) is 10.2 Å². The van der Waals surface area contributed by atoms with Crippen molar-refractivity contribution in [3.63, 3.8) is 0 Å². The number of para-hydroxylation sites is 1. The van der Waals surface area contributed by atoms with Gasteiger partial charge in [-0.25, -0.2) is 4.98 Å². The number of aryl methyl sites for hydroxylation is 1. The van der Waals surface area contributed by atoms with Gasteiger partial charge < -0.3 is 9.80 Å². The predicted molar refractivity (Wildman–Crippen MR) is 123 cm³/mol. The zero-order valence-electron chi connectivity index (χ0n) is 17.9. The standard InChI is InChI=1S/C24H29N3O2S/c1-4-27(17-18-13-15-19(16-14-18)24(29)26(2)3)23(28)12-8-7-11-22-25-20-9-5-6-10-21(20)30-22/h5-6,9-10,13-16H,4,7-8,11-12,17H2,1-3H3. The molecule has 1 aromatic heterocycles. The van der Waals surface area contributed by atoms with Crippen LogP contribution in [-0.2, 0) is 17.8 Å². The van der Waals surface area contributed by atoms with Gasteiger partial charge in [0.1, 0.15) is 0 Å². The average molecular weight is 424 g/mol. The second kappa shape index (κ2) is 10.3. The molecule has 5 nitrogen and oxygen atoms in total. The number of rotatable bonds is 9. The first-order chi connectivity index (χ1) is 14.5. The van der Waals surface area contributed by atoms with Gasteiger partial charge in [0.05, 0.1) is 15.2 Å². The molecule has 0 aliphatic heterocycles. The number of amides is 2. The summed E-state index contributed by atoms with van der Waals surface area (Å²) in [5.41, 5.74) is 2.76. The third-order valence-electron chi connectivity index (χ3n) is 5.08. The molecule has 0 bridgehead atoms. The molecule has 158 valence electrons. The first-order valence-corrected chi connectivity index (χ1v) is 11.2. The van der Waals surface area contributed by atoms with Gasteiger partial charge in [-0.3, -0.25) is 9.59 Å². The number of carbonyl (C=O) groups is 2. The van der Waals surface area contributed by atoms with Crippen molar-refractivity contribution in [1.82, 2.24) is 14.8 Å². The molecule has 0 radical (unpaired) electrons. The third kappa shape index (κ3) is 5.66. The zero-order chi connectivity index (χ0) is 21.5. The molecular weight excluding hydrogens is 394 g/mol. The second-order valence-corrected chi connectivity index (χ2v) is 8.70. The van der Waals surface area contributed by atoms with E-state index >= 15 is 0 Å². The van der Waals surface area contributed by atoms with Crippen LogP contribution in [0, 0.1) is 0 Å². The number of hydrogen-bond acceptors (Lipinski definition) is 4. The summed E-state index contributed by atoms with van der Waals surface area (Å²) in [6, 6.07) is 15.7. The summed E-state index contributed by atoms with van der Waals surface area (Å²) in [6.07, 6.45) is 3.29. The minimum absolute atomic E-state index is 0.0156. The SMILES string of the molecule is CCN(Cc1ccc(C(=O)N(C)C)cc1)C(=O)CCCCc1nc2ccccc2s1. The maximum atomic E-state index is 12.6. The molecule has 0 saturated heterocycles. The molecule has 6 heteroatoms. The second-order valence-electron chi connectivity index (χ2n) is 7.59. The quantitative estimate of drug-likeness (QED) is 0.466. The van der Waals surface area contributed by atoms with Crippen LogP contribution >= 0.6 is 11.3 Å². The van der Waals surface area contributed by atoms with Gasteiger partial charge in [0, 0.05) is 39.2 Å². The van der Waals surface area contributed by atoms with Gasteiger partial charge in [0.25, 0.3) is 5.91 Å². The third-order valence-corrected chi connectivity index (χ3v) is 6.18. The molecule has 30 heavy (non-hydrogen) atoms. The van der Waals surface area contributed by atoms with Crippen LogP contribution < -0.4 is 0 Å². The minimum Gasteiger partial charge on any atom is -0.345 e. The van der Waals surface area contributed by atoms with Crippen LogP contribution in [0.3, 0.4) is 0 Å². The van der Waals surface area contributed by atoms with E-state index in [1.165, 1.54) is 4.70 Å². The maximum Gasteiger partial charge on any atom is 0.253 e. The summed E-state index contributed by atoms with van der Waals surface area (Å²) in [5, 5.41) is 1.14. The number of hydrogen-bond donors (Lipinski definition) is 0. The van der Waals surface area contributed by atoms with E-state index in [0.29, 0.717) is 25.1 Å². The normalized spacial score (nSPS) is 10.9. The van der Waals surface area contributed by atoms with Gasteiger partial charge in [-0.05, 0) is 56.0 Å². The lowest BCUT2D eigenvalue weighted by molar-refractivity contribution is -0.131. The van der Waals surface area contributed by atoms with Crippen molar-refractivity contribution in [1.29, 1.82) is 0 Å². The summed E-state index contributed by atoms with van der Waals surface area (Å²) >= 11 is 1.74. The van der Waals surface area contributed by atoms with Gasteiger partial charge in [-0.15, -0.1) is 11.3 Å². The van der Waals surface area contributed by atoms with E-state index in [-0.39, 0.29) is 11.8 Å². The first kappa shape index (κ1) is 22.0. The average Bonchev–Trinajstić information content (AvgIpc) is 3.17. The lowest BCUT2D eigenvalue weighted by Gasteiger charge is -2.21. The Morgan fingerprint density at radius 2 is 1.73 bits per heavy atom. The number of benzene rings is 2. The van der Waals surface area contributed by atoms with E-state index in [2.05, 4.69) is 11.1 Å². The topological polar surface area (TPSA) is 53.5 Å². The molecule has 0 aliphatic carbocycles. The summed E-state index contributed by atoms with van der Waals surface area (Å²) < 4.78 is 1.22. The number of thiazole rings is 1. The molecule has 2 amide bonds. The summed E-state index contributed by atoms with van der Waals surface area (Å²) in [6.45, 7) is 3.25. The van der Waals surface area contributed by atoms with Crippen molar-refractivity contribution < 1.29 is 9.59 Å². The highest BCUT2D eigenvalue weighted by molar-refractivity contribution is 7.18. The van der Waals surface area contributed by atoms with Crippen molar-refractivity contribution in [2.75, 3.05) is 20.6 Å². The molecule has 0 fully saturated rings. The molecule has 0 spiro atoms. The highest BCUT2D eigenvalue weighted by atomic mass is 32.1. The summed E-state index contributed by atoms with van der Waals surface area (Å²) in [7, 11) is 3.48. The minimum atomic E-state index is -0.0156. The molecule has 0 aliphatic rings. The molecular formula is C24H29N3O2S. The van der Waals surface area contributed by atoms with E-state index in [1.807, 2.05) is 54.3 Å². The Balaban J connectivity index is 1.46. The molecule has 3 rings (SSSR count). The molecule has 0 N–H and O–H groups in total. The van der Waals surface area contributed by atoms with Crippen molar-refractivity contribution >= 4 is 33.4 Å². The van der Waals surface area contributed by atoms with Crippen LogP contribution in [0.1, 0.15) is 47.1 Å². The zero-order valence-corrected chi connectivity index (χ0v) is 18.7. The Labute approximate surface area is 182 Å². The van der Waals surface area contributed by atoms with Crippen LogP contribution in [0.5, 0.6) is 0 Å². The molecule has 0 unspecified atom stereocenters. The molecule has 1 heterocycles. The number of carbonyl (C=O) groups excluding carboxylic acids is 2. The Morgan fingerprint density at radius 3 is 2.40 bits per heavy atom. The Morgan fingerprint density at radius 1 is 1.00 bits per heavy atom. The first-order valence-electron chi connectivity index (χ1n) is 10.4. The Bertz CT molecular complexity index is 962. The van der Waals surface area contributed by atoms with Gasteiger partial charge in [-0.1, -0.05) is 24.3 Å². The fourth-order valence-corrected chi connectivity index (χ4v) is 4.35. The number of nitrogens with zero attached hydrogens (tertiary/aromatic N) is 3.